The molecule has 3 rings (SSSR count). The Hall–Kier alpha value is -2.94. The van der Waals surface area contributed by atoms with Crippen LogP contribution in [0.15, 0.2) is 35.2 Å². The van der Waals surface area contributed by atoms with Gasteiger partial charge in [-0.15, -0.1) is 0 Å². The number of nitrogens with zero attached hydrogens (tertiary/aromatic N) is 3. The maximum absolute atomic E-state index is 12.2. The number of aromatic nitrogens is 2. The van der Waals surface area contributed by atoms with Crippen molar-refractivity contribution in [3.63, 3.8) is 0 Å². The number of furan rings is 1. The summed E-state index contributed by atoms with van der Waals surface area (Å²) in [7, 11) is 1.44. The summed E-state index contributed by atoms with van der Waals surface area (Å²) in [4.78, 5) is 34.3. The molecule has 27 heavy (non-hydrogen) atoms. The van der Waals surface area contributed by atoms with Gasteiger partial charge < -0.3 is 19.8 Å². The third-order valence-electron chi connectivity index (χ3n) is 4.43. The standard InChI is InChI=1S/C18H23N5O4/c1-26-18-20-10-13(11-21-18)22-17(25)16(24)19-12-14(15-6-5-9-27-15)23-7-3-2-4-8-23/h5-6,9-11,14H,2-4,7-8,12H2,1H3,(H,19,24)(H,22,25). The second-order valence-electron chi connectivity index (χ2n) is 6.25. The van der Waals surface area contributed by atoms with Crippen LogP contribution in [0.3, 0.4) is 0 Å². The number of amides is 2. The van der Waals surface area contributed by atoms with Crippen molar-refractivity contribution in [2.24, 2.45) is 0 Å². The first-order valence-electron chi connectivity index (χ1n) is 8.90. The van der Waals surface area contributed by atoms with Gasteiger partial charge in [0, 0.05) is 6.54 Å². The van der Waals surface area contributed by atoms with Crippen LogP contribution in [-0.4, -0.2) is 53.4 Å². The molecule has 0 aliphatic carbocycles. The summed E-state index contributed by atoms with van der Waals surface area (Å²) >= 11 is 0. The van der Waals surface area contributed by atoms with E-state index in [1.54, 1.807) is 6.26 Å². The Morgan fingerprint density at radius 3 is 2.59 bits per heavy atom. The number of carbonyl (C=O) groups excluding carboxylic acids is 2. The quantitative estimate of drug-likeness (QED) is 0.736. The van der Waals surface area contributed by atoms with Crippen molar-refractivity contribution in [1.29, 1.82) is 0 Å². The monoisotopic (exact) mass is 373 g/mol. The number of ether oxygens (including phenoxy) is 1. The van der Waals surface area contributed by atoms with Gasteiger partial charge in [0.05, 0.1) is 37.5 Å². The zero-order valence-corrected chi connectivity index (χ0v) is 15.2. The molecule has 2 aromatic rings. The molecule has 1 fully saturated rings. The van der Waals surface area contributed by atoms with Crippen molar-refractivity contribution in [1.82, 2.24) is 20.2 Å². The van der Waals surface area contributed by atoms with Crippen LogP contribution in [0, 0.1) is 0 Å². The van der Waals surface area contributed by atoms with Crippen LogP contribution >= 0.6 is 0 Å². The van der Waals surface area contributed by atoms with Gasteiger partial charge in [-0.1, -0.05) is 6.42 Å². The maximum atomic E-state index is 12.2. The van der Waals surface area contributed by atoms with Crippen LogP contribution < -0.4 is 15.4 Å². The highest BCUT2D eigenvalue weighted by Gasteiger charge is 2.26. The van der Waals surface area contributed by atoms with Crippen LogP contribution in [0.5, 0.6) is 6.01 Å². The van der Waals surface area contributed by atoms with E-state index >= 15 is 0 Å². The lowest BCUT2D eigenvalue weighted by Crippen LogP contribution is -2.43. The zero-order valence-electron chi connectivity index (χ0n) is 15.2. The Balaban J connectivity index is 1.57. The first-order chi connectivity index (χ1) is 13.2. The van der Waals surface area contributed by atoms with Gasteiger partial charge >= 0.3 is 17.8 Å². The summed E-state index contributed by atoms with van der Waals surface area (Å²) in [5, 5.41) is 5.16. The van der Waals surface area contributed by atoms with Crippen LogP contribution in [0.2, 0.25) is 0 Å². The predicted octanol–water partition coefficient (Wildman–Crippen LogP) is 1.36. The number of nitrogens with one attached hydrogen (secondary N) is 2. The molecule has 9 nitrogen and oxygen atoms in total. The second-order valence-corrected chi connectivity index (χ2v) is 6.25. The minimum Gasteiger partial charge on any atom is -0.468 e. The number of carbonyl (C=O) groups is 2. The Kier molecular flexibility index (Phi) is 6.37. The van der Waals surface area contributed by atoms with Gasteiger partial charge in [-0.3, -0.25) is 14.5 Å². The highest BCUT2D eigenvalue weighted by molar-refractivity contribution is 6.39. The molecule has 0 bridgehead atoms. The topological polar surface area (TPSA) is 110 Å². The molecular weight excluding hydrogens is 350 g/mol. The fourth-order valence-corrected chi connectivity index (χ4v) is 3.06. The molecule has 0 spiro atoms. The molecule has 0 saturated carbocycles. The van der Waals surface area contributed by atoms with Crippen molar-refractivity contribution in [2.45, 2.75) is 25.3 Å². The summed E-state index contributed by atoms with van der Waals surface area (Å²) < 4.78 is 10.4. The van der Waals surface area contributed by atoms with Crippen molar-refractivity contribution in [3.05, 3.63) is 36.5 Å². The lowest BCUT2D eigenvalue weighted by atomic mass is 10.1. The minimum atomic E-state index is -0.777. The first-order valence-corrected chi connectivity index (χ1v) is 8.90. The largest absolute Gasteiger partial charge is 0.468 e. The Morgan fingerprint density at radius 1 is 1.22 bits per heavy atom. The number of hydrogen-bond donors (Lipinski definition) is 2. The van der Waals surface area contributed by atoms with Crippen molar-refractivity contribution in [2.75, 3.05) is 32.1 Å². The zero-order chi connectivity index (χ0) is 19.1. The van der Waals surface area contributed by atoms with E-state index in [4.69, 9.17) is 9.15 Å². The van der Waals surface area contributed by atoms with E-state index in [1.165, 1.54) is 25.9 Å². The lowest BCUT2D eigenvalue weighted by molar-refractivity contribution is -0.136. The van der Waals surface area contributed by atoms with Gasteiger partial charge in [0.1, 0.15) is 5.76 Å². The molecule has 2 N–H and O–H groups in total. The van der Waals surface area contributed by atoms with Crippen molar-refractivity contribution in [3.8, 4) is 6.01 Å². The molecule has 1 aliphatic rings. The van der Waals surface area contributed by atoms with Gasteiger partial charge in [0.2, 0.25) is 0 Å². The van der Waals surface area contributed by atoms with E-state index in [1.807, 2.05) is 12.1 Å². The summed E-state index contributed by atoms with van der Waals surface area (Å²) in [6.45, 7) is 2.17. The molecule has 0 radical (unpaired) electrons. The summed E-state index contributed by atoms with van der Waals surface area (Å²) in [6, 6.07) is 3.80. The molecule has 1 atom stereocenters. The fourth-order valence-electron chi connectivity index (χ4n) is 3.06. The summed E-state index contributed by atoms with van der Waals surface area (Å²) in [5.41, 5.74) is 0.314. The molecule has 2 amide bonds. The van der Waals surface area contributed by atoms with Gasteiger partial charge in [-0.2, -0.15) is 0 Å². The van der Waals surface area contributed by atoms with E-state index in [0.717, 1.165) is 31.7 Å². The smallest absolute Gasteiger partial charge is 0.316 e. The Morgan fingerprint density at radius 2 is 1.96 bits per heavy atom. The fraction of sp³-hybridized carbons (Fsp3) is 0.444. The number of methoxy groups -OCH3 is 1. The summed E-state index contributed by atoms with van der Waals surface area (Å²) in [6.07, 6.45) is 7.80. The predicted molar refractivity (Wildman–Crippen MR) is 97.1 cm³/mol. The minimum absolute atomic E-state index is 0.0960. The average Bonchev–Trinajstić information content (AvgIpc) is 3.24. The normalized spacial score (nSPS) is 15.7. The third-order valence-corrected chi connectivity index (χ3v) is 4.43. The van der Waals surface area contributed by atoms with Crippen LogP contribution in [-0.2, 0) is 9.59 Å². The third kappa shape index (κ3) is 5.04. The molecular formula is C18H23N5O4. The Labute approximate surface area is 157 Å². The number of anilines is 1. The second kappa shape index (κ2) is 9.13. The average molecular weight is 373 g/mol. The van der Waals surface area contributed by atoms with Crippen molar-refractivity contribution < 1.29 is 18.7 Å². The molecule has 9 heteroatoms. The van der Waals surface area contributed by atoms with Gasteiger partial charge in [-0.25, -0.2) is 9.97 Å². The van der Waals surface area contributed by atoms with E-state index < -0.39 is 11.8 Å². The molecule has 1 aliphatic heterocycles. The first kappa shape index (κ1) is 18.8. The van der Waals surface area contributed by atoms with E-state index in [-0.39, 0.29) is 12.1 Å². The number of likely N-dealkylation sites (tertiary alicyclic amines) is 1. The van der Waals surface area contributed by atoms with E-state index in [2.05, 4.69) is 25.5 Å². The highest BCUT2D eigenvalue weighted by Crippen LogP contribution is 2.24. The molecule has 2 aromatic heterocycles. The van der Waals surface area contributed by atoms with Gasteiger partial charge in [0.15, 0.2) is 0 Å². The molecule has 144 valence electrons. The molecule has 0 aromatic carbocycles. The van der Waals surface area contributed by atoms with Crippen LogP contribution in [0.1, 0.15) is 31.1 Å². The van der Waals surface area contributed by atoms with E-state index in [9.17, 15) is 9.59 Å². The number of rotatable bonds is 6. The molecule has 3 heterocycles. The number of piperidine rings is 1. The van der Waals surface area contributed by atoms with Crippen molar-refractivity contribution >= 4 is 17.5 Å². The highest BCUT2D eigenvalue weighted by atomic mass is 16.5. The lowest BCUT2D eigenvalue weighted by Gasteiger charge is -2.33. The summed E-state index contributed by atoms with van der Waals surface area (Å²) in [5.74, 6) is -0.721. The van der Waals surface area contributed by atoms with Crippen LogP contribution in [0.25, 0.3) is 0 Å². The SMILES string of the molecule is COc1ncc(NC(=O)C(=O)NCC(c2ccco2)N2CCCCC2)cn1. The van der Waals surface area contributed by atoms with E-state index in [0.29, 0.717) is 12.2 Å². The van der Waals surface area contributed by atoms with Gasteiger partial charge in [-0.05, 0) is 38.1 Å². The van der Waals surface area contributed by atoms with Gasteiger partial charge in [0.25, 0.3) is 0 Å². The van der Waals surface area contributed by atoms with Crippen LogP contribution in [0.4, 0.5) is 5.69 Å². The Bertz CT molecular complexity index is 742. The molecule has 1 saturated heterocycles. The molecule has 1 unspecified atom stereocenters. The maximum Gasteiger partial charge on any atom is 0.316 e. The number of hydrogen-bond acceptors (Lipinski definition) is 7.